The average Bonchev–Trinajstić information content (AvgIpc) is 2.54. The molecule has 4 nitrogen and oxygen atoms in total. The fourth-order valence-corrected chi connectivity index (χ4v) is 3.21. The topological polar surface area (TPSA) is 61.4 Å². The van der Waals surface area contributed by atoms with Gasteiger partial charge in [0.15, 0.2) is 0 Å². The van der Waals surface area contributed by atoms with Crippen molar-refractivity contribution in [1.82, 2.24) is 10.6 Å². The van der Waals surface area contributed by atoms with E-state index in [1.165, 1.54) is 0 Å². The Hall–Kier alpha value is -1.39. The summed E-state index contributed by atoms with van der Waals surface area (Å²) in [7, 11) is 0. The molecule has 3 N–H and O–H groups in total. The Kier molecular flexibility index (Phi) is 5.76. The van der Waals surface area contributed by atoms with Crippen LogP contribution in [0, 0.1) is 5.41 Å². The molecule has 0 aromatic heterocycles. The number of hydrogen-bond donors (Lipinski definition) is 3. The number of rotatable bonds is 6. The first-order chi connectivity index (χ1) is 10.2. The monoisotopic (exact) mass is 290 g/mol. The molecular weight excluding hydrogens is 264 g/mol. The van der Waals surface area contributed by atoms with Crippen LogP contribution in [0.3, 0.4) is 0 Å². The van der Waals surface area contributed by atoms with E-state index in [2.05, 4.69) is 17.6 Å². The first kappa shape index (κ1) is 16.0. The van der Waals surface area contributed by atoms with Crippen LogP contribution in [0.1, 0.15) is 44.2 Å². The molecule has 1 atom stereocenters. The number of piperidine rings is 1. The van der Waals surface area contributed by atoms with E-state index in [1.54, 1.807) is 0 Å². The van der Waals surface area contributed by atoms with Gasteiger partial charge in [-0.2, -0.15) is 0 Å². The van der Waals surface area contributed by atoms with Gasteiger partial charge in [-0.3, -0.25) is 4.79 Å². The molecule has 1 aromatic carbocycles. The Labute approximate surface area is 126 Å². The minimum Gasteiger partial charge on any atom is -0.394 e. The molecule has 0 aliphatic carbocycles. The van der Waals surface area contributed by atoms with Gasteiger partial charge in [-0.15, -0.1) is 0 Å². The molecule has 4 heteroatoms. The zero-order chi connectivity index (χ0) is 15.1. The highest BCUT2D eigenvalue weighted by Crippen LogP contribution is 2.35. The summed E-state index contributed by atoms with van der Waals surface area (Å²) in [6, 6.07) is 9.35. The van der Waals surface area contributed by atoms with Crippen molar-refractivity contribution in [1.29, 1.82) is 0 Å². The Bertz CT molecular complexity index is 436. The SMILES string of the molecule is CCCC1(C(=O)NC(CO)c2ccccc2)CCNCC1. The zero-order valence-corrected chi connectivity index (χ0v) is 12.8. The normalized spacial score (nSPS) is 19.0. The lowest BCUT2D eigenvalue weighted by atomic mass is 9.74. The van der Waals surface area contributed by atoms with Gasteiger partial charge in [-0.25, -0.2) is 0 Å². The van der Waals surface area contributed by atoms with Crippen molar-refractivity contribution in [3.8, 4) is 0 Å². The number of hydrogen-bond acceptors (Lipinski definition) is 3. The van der Waals surface area contributed by atoms with Gasteiger partial charge in [-0.1, -0.05) is 43.7 Å². The van der Waals surface area contributed by atoms with Crippen LogP contribution in [0.25, 0.3) is 0 Å². The largest absolute Gasteiger partial charge is 0.394 e. The maximum absolute atomic E-state index is 12.8. The number of nitrogens with one attached hydrogen (secondary N) is 2. The third kappa shape index (κ3) is 3.83. The summed E-state index contributed by atoms with van der Waals surface area (Å²) in [5.41, 5.74) is 0.677. The van der Waals surface area contributed by atoms with Crippen LogP contribution in [-0.4, -0.2) is 30.7 Å². The zero-order valence-electron chi connectivity index (χ0n) is 12.8. The molecule has 1 saturated heterocycles. The highest BCUT2D eigenvalue weighted by atomic mass is 16.3. The lowest BCUT2D eigenvalue weighted by molar-refractivity contribution is -0.134. The third-order valence-electron chi connectivity index (χ3n) is 4.46. The van der Waals surface area contributed by atoms with Crippen LogP contribution in [0.4, 0.5) is 0 Å². The summed E-state index contributed by atoms with van der Waals surface area (Å²) < 4.78 is 0. The standard InChI is InChI=1S/C17H26N2O2/c1-2-8-17(9-11-18-12-10-17)16(21)19-15(13-20)14-6-4-3-5-7-14/h3-7,15,18,20H,2,8-13H2,1H3,(H,19,21). The van der Waals surface area contributed by atoms with Gasteiger partial charge in [-0.05, 0) is 37.9 Å². The molecule has 1 aliphatic rings. The molecule has 2 rings (SSSR count). The Morgan fingerprint density at radius 2 is 2.00 bits per heavy atom. The molecule has 116 valence electrons. The quantitative estimate of drug-likeness (QED) is 0.751. The summed E-state index contributed by atoms with van der Waals surface area (Å²) in [6.45, 7) is 3.83. The number of benzene rings is 1. The fraction of sp³-hybridized carbons (Fsp3) is 0.588. The van der Waals surface area contributed by atoms with E-state index in [1.807, 2.05) is 30.3 Å². The van der Waals surface area contributed by atoms with Gasteiger partial charge in [0.05, 0.1) is 18.1 Å². The van der Waals surface area contributed by atoms with Crippen LogP contribution in [0.15, 0.2) is 30.3 Å². The van der Waals surface area contributed by atoms with Crippen molar-refractivity contribution in [2.45, 2.75) is 38.6 Å². The summed E-state index contributed by atoms with van der Waals surface area (Å²) in [5.74, 6) is 0.0914. The average molecular weight is 290 g/mol. The molecule has 0 bridgehead atoms. The molecule has 1 aromatic rings. The molecule has 1 aliphatic heterocycles. The van der Waals surface area contributed by atoms with E-state index in [4.69, 9.17) is 0 Å². The molecule has 0 radical (unpaired) electrons. The molecule has 1 heterocycles. The first-order valence-corrected chi connectivity index (χ1v) is 7.89. The van der Waals surface area contributed by atoms with E-state index in [0.29, 0.717) is 0 Å². The summed E-state index contributed by atoms with van der Waals surface area (Å²) >= 11 is 0. The van der Waals surface area contributed by atoms with Crippen LogP contribution < -0.4 is 10.6 Å². The van der Waals surface area contributed by atoms with Crippen molar-refractivity contribution in [3.05, 3.63) is 35.9 Å². The predicted molar refractivity (Wildman–Crippen MR) is 83.9 cm³/mol. The second-order valence-electron chi connectivity index (χ2n) is 5.90. The van der Waals surface area contributed by atoms with E-state index in [9.17, 15) is 9.90 Å². The van der Waals surface area contributed by atoms with E-state index in [-0.39, 0.29) is 24.0 Å². The van der Waals surface area contributed by atoms with Gasteiger partial charge < -0.3 is 15.7 Å². The van der Waals surface area contributed by atoms with Crippen LogP contribution in [-0.2, 0) is 4.79 Å². The number of aliphatic hydroxyl groups excluding tert-OH is 1. The Morgan fingerprint density at radius 3 is 2.57 bits per heavy atom. The number of aliphatic hydroxyl groups is 1. The molecule has 21 heavy (non-hydrogen) atoms. The summed E-state index contributed by atoms with van der Waals surface area (Å²) in [5, 5.41) is 16.0. The van der Waals surface area contributed by atoms with Gasteiger partial charge in [0.25, 0.3) is 0 Å². The molecule has 1 amide bonds. The van der Waals surface area contributed by atoms with Crippen LogP contribution in [0.5, 0.6) is 0 Å². The first-order valence-electron chi connectivity index (χ1n) is 7.89. The Morgan fingerprint density at radius 1 is 1.33 bits per heavy atom. The van der Waals surface area contributed by atoms with E-state index in [0.717, 1.165) is 44.3 Å². The highest BCUT2D eigenvalue weighted by molar-refractivity contribution is 5.83. The van der Waals surface area contributed by atoms with Crippen molar-refractivity contribution >= 4 is 5.91 Å². The molecule has 1 unspecified atom stereocenters. The van der Waals surface area contributed by atoms with Gasteiger partial charge in [0, 0.05) is 0 Å². The van der Waals surface area contributed by atoms with Crippen molar-refractivity contribution < 1.29 is 9.90 Å². The van der Waals surface area contributed by atoms with Crippen LogP contribution in [0.2, 0.25) is 0 Å². The lowest BCUT2D eigenvalue weighted by Gasteiger charge is -2.37. The molecular formula is C17H26N2O2. The van der Waals surface area contributed by atoms with Crippen molar-refractivity contribution in [2.24, 2.45) is 5.41 Å². The van der Waals surface area contributed by atoms with Crippen molar-refractivity contribution in [3.63, 3.8) is 0 Å². The number of carbonyl (C=O) groups excluding carboxylic acids is 1. The third-order valence-corrected chi connectivity index (χ3v) is 4.46. The summed E-state index contributed by atoms with van der Waals surface area (Å²) in [4.78, 5) is 12.8. The lowest BCUT2D eigenvalue weighted by Crippen LogP contribution is -2.48. The number of carbonyl (C=O) groups is 1. The predicted octanol–water partition coefficient (Wildman–Crippen LogP) is 2.01. The van der Waals surface area contributed by atoms with Gasteiger partial charge in [0.2, 0.25) is 5.91 Å². The maximum atomic E-state index is 12.8. The minimum absolute atomic E-state index is 0.0732. The van der Waals surface area contributed by atoms with Crippen LogP contribution >= 0.6 is 0 Å². The van der Waals surface area contributed by atoms with E-state index < -0.39 is 0 Å². The second-order valence-corrected chi connectivity index (χ2v) is 5.90. The second kappa shape index (κ2) is 7.57. The van der Waals surface area contributed by atoms with E-state index >= 15 is 0 Å². The molecule has 0 spiro atoms. The van der Waals surface area contributed by atoms with Gasteiger partial charge in [0.1, 0.15) is 0 Å². The van der Waals surface area contributed by atoms with Gasteiger partial charge >= 0.3 is 0 Å². The number of amides is 1. The highest BCUT2D eigenvalue weighted by Gasteiger charge is 2.39. The summed E-state index contributed by atoms with van der Waals surface area (Å²) in [6.07, 6.45) is 3.66. The molecule has 1 fully saturated rings. The Balaban J connectivity index is 2.10. The maximum Gasteiger partial charge on any atom is 0.226 e. The van der Waals surface area contributed by atoms with Crippen molar-refractivity contribution in [2.75, 3.05) is 19.7 Å². The minimum atomic E-state index is -0.317. The molecule has 0 saturated carbocycles. The fourth-order valence-electron chi connectivity index (χ4n) is 3.21. The smallest absolute Gasteiger partial charge is 0.226 e.